The maximum Gasteiger partial charge on any atom is 0.310 e. The van der Waals surface area contributed by atoms with Gasteiger partial charge in [0.15, 0.2) is 5.12 Å². The van der Waals surface area contributed by atoms with Gasteiger partial charge in [0, 0.05) is 12.7 Å². The maximum absolute atomic E-state index is 11.9. The third-order valence-corrected chi connectivity index (χ3v) is 2.00. The van der Waals surface area contributed by atoms with E-state index in [-0.39, 0.29) is 10.9 Å². The molecule has 0 saturated carbocycles. The van der Waals surface area contributed by atoms with Gasteiger partial charge in [-0.1, -0.05) is 11.8 Å². The summed E-state index contributed by atoms with van der Waals surface area (Å²) in [4.78, 5) is 20.5. The Morgan fingerprint density at radius 3 is 2.45 bits per heavy atom. The van der Waals surface area contributed by atoms with Crippen LogP contribution < -0.4 is 0 Å². The quantitative estimate of drug-likeness (QED) is 0.699. The van der Waals surface area contributed by atoms with Gasteiger partial charge in [-0.2, -0.15) is 0 Å². The smallest absolute Gasteiger partial charge is 0.310 e. The Bertz CT molecular complexity index is 160. The van der Waals surface area contributed by atoms with Gasteiger partial charge >= 0.3 is 5.97 Å². The largest absolute Gasteiger partial charge is 0.481 e. The lowest BCUT2D eigenvalue weighted by atomic mass is 10.2. The number of hydrogen-bond donors (Lipinski definition) is 1. The highest BCUT2D eigenvalue weighted by Crippen LogP contribution is 2.10. The van der Waals surface area contributed by atoms with Crippen molar-refractivity contribution in [2.75, 3.05) is 12.4 Å². The van der Waals surface area contributed by atoms with Crippen LogP contribution in [0, 0.1) is 5.92 Å². The standard InChI is InChI=1S/C6H9FO3S/c1-4(8)11-3-5(2-7)6(9)10/h5H,2-3H2,1H3,(H,9,10). The molecule has 0 radical (unpaired) electrons. The summed E-state index contributed by atoms with van der Waals surface area (Å²) in [6.45, 7) is 0.400. The van der Waals surface area contributed by atoms with Crippen LogP contribution in [-0.2, 0) is 9.59 Å². The van der Waals surface area contributed by atoms with Crippen molar-refractivity contribution < 1.29 is 19.1 Å². The normalized spacial score (nSPS) is 12.5. The first-order valence-electron chi connectivity index (χ1n) is 3.00. The van der Waals surface area contributed by atoms with E-state index in [1.807, 2.05) is 0 Å². The van der Waals surface area contributed by atoms with Crippen molar-refractivity contribution in [3.8, 4) is 0 Å². The Morgan fingerprint density at radius 2 is 2.18 bits per heavy atom. The highest BCUT2D eigenvalue weighted by atomic mass is 32.2. The fourth-order valence-electron chi connectivity index (χ4n) is 0.400. The predicted molar refractivity (Wildman–Crippen MR) is 40.2 cm³/mol. The number of aliphatic carboxylic acids is 1. The topological polar surface area (TPSA) is 54.4 Å². The van der Waals surface area contributed by atoms with Gasteiger partial charge in [0.05, 0.1) is 5.92 Å². The van der Waals surface area contributed by atoms with Crippen molar-refractivity contribution in [2.24, 2.45) is 5.92 Å². The average Bonchev–Trinajstić information content (AvgIpc) is 1.87. The summed E-state index contributed by atoms with van der Waals surface area (Å²) < 4.78 is 11.9. The van der Waals surface area contributed by atoms with E-state index in [4.69, 9.17) is 5.11 Å². The van der Waals surface area contributed by atoms with Crippen molar-refractivity contribution in [3.63, 3.8) is 0 Å². The molecule has 0 amide bonds. The number of rotatable bonds is 4. The van der Waals surface area contributed by atoms with Crippen molar-refractivity contribution >= 4 is 22.8 Å². The van der Waals surface area contributed by atoms with E-state index < -0.39 is 18.6 Å². The van der Waals surface area contributed by atoms with Crippen LogP contribution in [0.25, 0.3) is 0 Å². The molecule has 0 aromatic carbocycles. The van der Waals surface area contributed by atoms with E-state index in [1.165, 1.54) is 6.92 Å². The van der Waals surface area contributed by atoms with E-state index in [1.54, 1.807) is 0 Å². The van der Waals surface area contributed by atoms with Crippen LogP contribution in [0.3, 0.4) is 0 Å². The summed E-state index contributed by atoms with van der Waals surface area (Å²) >= 11 is 0.833. The van der Waals surface area contributed by atoms with Crippen LogP contribution in [-0.4, -0.2) is 28.6 Å². The molecule has 0 aromatic rings. The van der Waals surface area contributed by atoms with Crippen molar-refractivity contribution in [1.82, 2.24) is 0 Å². The van der Waals surface area contributed by atoms with E-state index in [0.717, 1.165) is 11.8 Å². The second kappa shape index (κ2) is 5.12. The molecule has 64 valence electrons. The molecule has 0 fully saturated rings. The second-order valence-electron chi connectivity index (χ2n) is 1.99. The van der Waals surface area contributed by atoms with Gasteiger partial charge < -0.3 is 5.11 Å². The molecule has 0 aliphatic rings. The third kappa shape index (κ3) is 4.78. The summed E-state index contributed by atoms with van der Waals surface area (Å²) in [5.74, 6) is -2.23. The summed E-state index contributed by atoms with van der Waals surface area (Å²) in [6, 6.07) is 0. The van der Waals surface area contributed by atoms with Gasteiger partial charge in [0.2, 0.25) is 0 Å². The Balaban J connectivity index is 3.70. The summed E-state index contributed by atoms with van der Waals surface area (Å²) in [6.07, 6.45) is 0. The fourth-order valence-corrected chi connectivity index (χ4v) is 1.07. The molecule has 0 spiro atoms. The molecule has 1 N–H and O–H groups in total. The minimum atomic E-state index is -1.19. The van der Waals surface area contributed by atoms with Gasteiger partial charge in [-0.15, -0.1) is 0 Å². The first-order valence-corrected chi connectivity index (χ1v) is 3.98. The molecule has 3 nitrogen and oxygen atoms in total. The molecule has 0 heterocycles. The van der Waals surface area contributed by atoms with Crippen LogP contribution in [0.4, 0.5) is 4.39 Å². The highest BCUT2D eigenvalue weighted by molar-refractivity contribution is 8.13. The minimum absolute atomic E-state index is 0.0150. The maximum atomic E-state index is 11.9. The Labute approximate surface area is 68.0 Å². The Morgan fingerprint density at radius 1 is 1.64 bits per heavy atom. The van der Waals surface area contributed by atoms with Crippen LogP contribution in [0.1, 0.15) is 6.92 Å². The summed E-state index contributed by atoms with van der Waals surface area (Å²) in [5.41, 5.74) is 0. The van der Waals surface area contributed by atoms with Gasteiger partial charge in [-0.25, -0.2) is 0 Å². The van der Waals surface area contributed by atoms with Crippen LogP contribution in [0.15, 0.2) is 0 Å². The van der Waals surface area contributed by atoms with Gasteiger partial charge in [-0.3, -0.25) is 14.0 Å². The zero-order chi connectivity index (χ0) is 8.85. The molecule has 0 bridgehead atoms. The molecule has 0 aliphatic carbocycles. The first kappa shape index (κ1) is 10.4. The minimum Gasteiger partial charge on any atom is -0.481 e. The molecule has 5 heteroatoms. The van der Waals surface area contributed by atoms with Gasteiger partial charge in [0.25, 0.3) is 0 Å². The Kier molecular flexibility index (Phi) is 4.85. The number of halogens is 1. The molecular formula is C6H9FO3S. The summed E-state index contributed by atoms with van der Waals surface area (Å²) in [7, 11) is 0. The molecule has 1 unspecified atom stereocenters. The molecule has 0 rings (SSSR count). The number of carboxylic acids is 1. The van der Waals surface area contributed by atoms with Crippen molar-refractivity contribution in [3.05, 3.63) is 0 Å². The summed E-state index contributed by atoms with van der Waals surface area (Å²) in [5, 5.41) is 8.13. The zero-order valence-electron chi connectivity index (χ0n) is 6.04. The number of hydrogen-bond acceptors (Lipinski definition) is 3. The fraction of sp³-hybridized carbons (Fsp3) is 0.667. The van der Waals surface area contributed by atoms with E-state index in [0.29, 0.717) is 0 Å². The third-order valence-electron chi connectivity index (χ3n) is 1.02. The molecular weight excluding hydrogens is 171 g/mol. The van der Waals surface area contributed by atoms with Crippen molar-refractivity contribution in [1.29, 1.82) is 0 Å². The monoisotopic (exact) mass is 180 g/mol. The molecule has 1 atom stereocenters. The lowest BCUT2D eigenvalue weighted by molar-refractivity contribution is -0.141. The lowest BCUT2D eigenvalue weighted by Crippen LogP contribution is -2.18. The van der Waals surface area contributed by atoms with E-state index in [2.05, 4.69) is 0 Å². The lowest BCUT2D eigenvalue weighted by Gasteiger charge is -2.04. The number of carbonyl (C=O) groups excluding carboxylic acids is 1. The highest BCUT2D eigenvalue weighted by Gasteiger charge is 2.17. The van der Waals surface area contributed by atoms with Gasteiger partial charge in [0.1, 0.15) is 6.67 Å². The number of alkyl halides is 1. The van der Waals surface area contributed by atoms with Crippen LogP contribution in [0.5, 0.6) is 0 Å². The molecule has 0 aliphatic heterocycles. The van der Waals surface area contributed by atoms with Gasteiger partial charge in [-0.05, 0) is 0 Å². The predicted octanol–water partition coefficient (Wildman–Crippen LogP) is 0.936. The molecule has 0 aromatic heterocycles. The zero-order valence-corrected chi connectivity index (χ0v) is 6.86. The first-order chi connectivity index (χ1) is 5.07. The van der Waals surface area contributed by atoms with E-state index in [9.17, 15) is 14.0 Å². The number of carboxylic acid groups (broad SMARTS) is 1. The Hall–Kier alpha value is -0.580. The van der Waals surface area contributed by atoms with Crippen molar-refractivity contribution in [2.45, 2.75) is 6.92 Å². The van der Waals surface area contributed by atoms with E-state index >= 15 is 0 Å². The second-order valence-corrected chi connectivity index (χ2v) is 3.19. The molecule has 0 saturated heterocycles. The SMILES string of the molecule is CC(=O)SCC(CF)C(=O)O. The van der Waals surface area contributed by atoms with Crippen LogP contribution in [0.2, 0.25) is 0 Å². The number of thioether (sulfide) groups is 1. The van der Waals surface area contributed by atoms with Crippen LogP contribution >= 0.6 is 11.8 Å². The molecule has 11 heavy (non-hydrogen) atoms. The average molecular weight is 180 g/mol. The number of carbonyl (C=O) groups is 2.